The van der Waals surface area contributed by atoms with Gasteiger partial charge >= 0.3 is 0 Å². The van der Waals surface area contributed by atoms with Crippen LogP contribution >= 0.6 is 0 Å². The molecule has 25 heavy (non-hydrogen) atoms. The Morgan fingerprint density at radius 1 is 1.24 bits per heavy atom. The quantitative estimate of drug-likeness (QED) is 0.625. The molecule has 138 valence electrons. The Bertz CT molecular complexity index is 635. The molecule has 0 saturated heterocycles. The summed E-state index contributed by atoms with van der Waals surface area (Å²) in [5.41, 5.74) is -0.980. The lowest BCUT2D eigenvalue weighted by Crippen LogP contribution is -2.60. The number of hydrogen-bond acceptors (Lipinski definition) is 4. The molecule has 0 bridgehead atoms. The van der Waals surface area contributed by atoms with Crippen molar-refractivity contribution in [1.29, 1.82) is 0 Å². The van der Waals surface area contributed by atoms with Crippen LogP contribution in [0.2, 0.25) is 0 Å². The zero-order valence-electron chi connectivity index (χ0n) is 14.5. The Balaban J connectivity index is 1.94. The normalized spacial score (nSPS) is 23.8. The standard InChI is InChI=1S/C18H25FN2O4/c1-18(2,17(25)20-13-8-5-9-14(22)16(13)24)21-15(23)10-11-6-3-4-7-12(11)19/h3-4,6-7,13-14,16,22,24H,5,8-10H2,1-2H3,(H,20,25)(H,21,23)/t13-,14-,16-/m1/s1. The van der Waals surface area contributed by atoms with Crippen molar-refractivity contribution in [2.24, 2.45) is 0 Å². The van der Waals surface area contributed by atoms with Crippen LogP contribution in [0.1, 0.15) is 38.7 Å². The summed E-state index contributed by atoms with van der Waals surface area (Å²) in [4.78, 5) is 24.6. The molecular formula is C18H25FN2O4. The third-order valence-electron chi connectivity index (χ3n) is 4.47. The van der Waals surface area contributed by atoms with Crippen molar-refractivity contribution in [2.75, 3.05) is 0 Å². The number of rotatable bonds is 5. The number of benzene rings is 1. The highest BCUT2D eigenvalue weighted by molar-refractivity contribution is 5.91. The summed E-state index contributed by atoms with van der Waals surface area (Å²) in [7, 11) is 0. The number of carbonyl (C=O) groups excluding carboxylic acids is 2. The van der Waals surface area contributed by atoms with Crippen LogP contribution in [0.3, 0.4) is 0 Å². The smallest absolute Gasteiger partial charge is 0.245 e. The Morgan fingerprint density at radius 2 is 1.92 bits per heavy atom. The molecule has 6 nitrogen and oxygen atoms in total. The molecule has 1 aromatic carbocycles. The van der Waals surface area contributed by atoms with Crippen LogP contribution in [0.4, 0.5) is 4.39 Å². The van der Waals surface area contributed by atoms with Gasteiger partial charge in [-0.25, -0.2) is 4.39 Å². The first kappa shape index (κ1) is 19.3. The van der Waals surface area contributed by atoms with E-state index in [0.29, 0.717) is 19.3 Å². The largest absolute Gasteiger partial charge is 0.390 e. The molecule has 3 atom stereocenters. The van der Waals surface area contributed by atoms with Gasteiger partial charge in [-0.05, 0) is 44.7 Å². The van der Waals surface area contributed by atoms with Crippen molar-refractivity contribution in [1.82, 2.24) is 10.6 Å². The predicted octanol–water partition coefficient (Wildman–Crippen LogP) is 0.653. The summed E-state index contributed by atoms with van der Waals surface area (Å²) in [5.74, 6) is -1.42. The highest BCUT2D eigenvalue weighted by Gasteiger charge is 2.36. The summed E-state index contributed by atoms with van der Waals surface area (Å²) >= 11 is 0. The monoisotopic (exact) mass is 352 g/mol. The van der Waals surface area contributed by atoms with Crippen molar-refractivity contribution in [3.63, 3.8) is 0 Å². The van der Waals surface area contributed by atoms with E-state index in [1.54, 1.807) is 6.07 Å². The Labute approximate surface area is 146 Å². The van der Waals surface area contributed by atoms with Crippen LogP contribution in [-0.4, -0.2) is 45.8 Å². The Hall–Kier alpha value is -1.99. The number of hydrogen-bond donors (Lipinski definition) is 4. The van der Waals surface area contributed by atoms with E-state index in [1.165, 1.54) is 32.0 Å². The van der Waals surface area contributed by atoms with Gasteiger partial charge in [0.2, 0.25) is 11.8 Å². The summed E-state index contributed by atoms with van der Waals surface area (Å²) < 4.78 is 13.6. The molecule has 0 aromatic heterocycles. The van der Waals surface area contributed by atoms with Gasteiger partial charge in [0.1, 0.15) is 11.4 Å². The van der Waals surface area contributed by atoms with Gasteiger partial charge in [-0.15, -0.1) is 0 Å². The number of carbonyl (C=O) groups is 2. The topological polar surface area (TPSA) is 98.7 Å². The molecule has 1 aliphatic rings. The minimum absolute atomic E-state index is 0.172. The number of nitrogens with one attached hydrogen (secondary N) is 2. The Kier molecular flexibility index (Phi) is 6.13. The van der Waals surface area contributed by atoms with Crippen LogP contribution in [-0.2, 0) is 16.0 Å². The third-order valence-corrected chi connectivity index (χ3v) is 4.47. The molecule has 4 N–H and O–H groups in total. The number of amides is 2. The second kappa shape index (κ2) is 7.93. The first-order chi connectivity index (χ1) is 11.7. The summed E-state index contributed by atoms with van der Waals surface area (Å²) in [6.07, 6.45) is -0.308. The maximum absolute atomic E-state index is 13.6. The van der Waals surface area contributed by atoms with E-state index < -0.39 is 41.4 Å². The van der Waals surface area contributed by atoms with E-state index >= 15 is 0 Å². The molecule has 1 saturated carbocycles. The van der Waals surface area contributed by atoms with Crippen LogP contribution in [0.25, 0.3) is 0 Å². The van der Waals surface area contributed by atoms with Crippen molar-refractivity contribution in [2.45, 2.75) is 63.3 Å². The molecule has 1 aliphatic carbocycles. The molecule has 0 spiro atoms. The van der Waals surface area contributed by atoms with Gasteiger partial charge < -0.3 is 20.8 Å². The molecule has 2 amide bonds. The summed E-state index contributed by atoms with van der Waals surface area (Å²) in [6, 6.07) is 5.41. The van der Waals surface area contributed by atoms with E-state index in [9.17, 15) is 24.2 Å². The minimum Gasteiger partial charge on any atom is -0.390 e. The molecule has 1 fully saturated rings. The third kappa shape index (κ3) is 4.99. The fourth-order valence-electron chi connectivity index (χ4n) is 2.93. The summed E-state index contributed by atoms with van der Waals surface area (Å²) in [5, 5.41) is 24.9. The van der Waals surface area contributed by atoms with Gasteiger partial charge in [-0.3, -0.25) is 9.59 Å². The van der Waals surface area contributed by atoms with Gasteiger partial charge in [-0.1, -0.05) is 18.2 Å². The van der Waals surface area contributed by atoms with E-state index in [1.807, 2.05) is 0 Å². The van der Waals surface area contributed by atoms with Crippen LogP contribution < -0.4 is 10.6 Å². The lowest BCUT2D eigenvalue weighted by atomic mass is 9.89. The number of aliphatic hydroxyl groups excluding tert-OH is 2. The zero-order valence-corrected chi connectivity index (χ0v) is 14.5. The van der Waals surface area contributed by atoms with Gasteiger partial charge in [0, 0.05) is 0 Å². The van der Waals surface area contributed by atoms with Gasteiger partial charge in [0.25, 0.3) is 0 Å². The van der Waals surface area contributed by atoms with Gasteiger partial charge in [0.05, 0.1) is 24.7 Å². The van der Waals surface area contributed by atoms with E-state index in [-0.39, 0.29) is 12.0 Å². The molecule has 0 unspecified atom stereocenters. The van der Waals surface area contributed by atoms with E-state index in [0.717, 1.165) is 0 Å². The first-order valence-corrected chi connectivity index (χ1v) is 8.42. The van der Waals surface area contributed by atoms with E-state index in [2.05, 4.69) is 10.6 Å². The van der Waals surface area contributed by atoms with Crippen LogP contribution in [0.5, 0.6) is 0 Å². The number of aliphatic hydroxyl groups is 2. The molecule has 2 rings (SSSR count). The molecule has 7 heteroatoms. The van der Waals surface area contributed by atoms with E-state index in [4.69, 9.17) is 0 Å². The van der Waals surface area contributed by atoms with Gasteiger partial charge in [-0.2, -0.15) is 0 Å². The highest BCUT2D eigenvalue weighted by atomic mass is 19.1. The second-order valence-corrected chi connectivity index (χ2v) is 7.01. The van der Waals surface area contributed by atoms with Crippen molar-refractivity contribution < 1.29 is 24.2 Å². The lowest BCUT2D eigenvalue weighted by Gasteiger charge is -2.35. The van der Waals surface area contributed by atoms with Crippen LogP contribution in [0, 0.1) is 5.82 Å². The molecular weight excluding hydrogens is 327 g/mol. The molecule has 0 radical (unpaired) electrons. The molecule has 0 heterocycles. The lowest BCUT2D eigenvalue weighted by molar-refractivity contribution is -0.134. The van der Waals surface area contributed by atoms with Crippen molar-refractivity contribution in [3.8, 4) is 0 Å². The predicted molar refractivity (Wildman–Crippen MR) is 90.1 cm³/mol. The molecule has 1 aromatic rings. The zero-order chi connectivity index (χ0) is 18.6. The maximum atomic E-state index is 13.6. The average Bonchev–Trinajstić information content (AvgIpc) is 2.53. The first-order valence-electron chi connectivity index (χ1n) is 8.42. The second-order valence-electron chi connectivity index (χ2n) is 7.01. The minimum atomic E-state index is -1.23. The highest BCUT2D eigenvalue weighted by Crippen LogP contribution is 2.20. The maximum Gasteiger partial charge on any atom is 0.245 e. The van der Waals surface area contributed by atoms with Crippen molar-refractivity contribution in [3.05, 3.63) is 35.6 Å². The SMILES string of the molecule is CC(C)(NC(=O)Cc1ccccc1F)C(=O)N[C@@H]1CCC[C@@H](O)[C@@H]1O. The van der Waals surface area contributed by atoms with Crippen LogP contribution in [0.15, 0.2) is 24.3 Å². The number of halogens is 1. The van der Waals surface area contributed by atoms with Crippen molar-refractivity contribution >= 4 is 11.8 Å². The average molecular weight is 352 g/mol. The fraction of sp³-hybridized carbons (Fsp3) is 0.556. The van der Waals surface area contributed by atoms with Gasteiger partial charge in [0.15, 0.2) is 0 Å². The fourth-order valence-corrected chi connectivity index (χ4v) is 2.93. The Morgan fingerprint density at radius 3 is 2.60 bits per heavy atom. The molecule has 0 aliphatic heterocycles. The summed E-state index contributed by atoms with van der Waals surface area (Å²) in [6.45, 7) is 3.07.